The third-order valence-corrected chi connectivity index (χ3v) is 4.00. The quantitative estimate of drug-likeness (QED) is 0.808. The third kappa shape index (κ3) is 4.99. The maximum atomic E-state index is 10.4. The van der Waals surface area contributed by atoms with Crippen molar-refractivity contribution in [1.82, 2.24) is 10.2 Å². The highest BCUT2D eigenvalue weighted by atomic mass is 16.5. The van der Waals surface area contributed by atoms with Crippen LogP contribution in [0.25, 0.3) is 0 Å². The summed E-state index contributed by atoms with van der Waals surface area (Å²) in [4.78, 5) is 2.41. The lowest BCUT2D eigenvalue weighted by atomic mass is 10.0. The van der Waals surface area contributed by atoms with Gasteiger partial charge in [-0.1, -0.05) is 13.0 Å². The zero-order valence-corrected chi connectivity index (χ0v) is 13.3. The predicted molar refractivity (Wildman–Crippen MR) is 85.9 cm³/mol. The molecule has 1 aromatic rings. The van der Waals surface area contributed by atoms with Gasteiger partial charge in [0.2, 0.25) is 0 Å². The van der Waals surface area contributed by atoms with Crippen molar-refractivity contribution in [3.63, 3.8) is 0 Å². The molecule has 0 spiro atoms. The summed E-state index contributed by atoms with van der Waals surface area (Å²) in [6.45, 7) is 10.1. The summed E-state index contributed by atoms with van der Waals surface area (Å²) in [5.41, 5.74) is 2.13. The molecule has 0 amide bonds. The summed E-state index contributed by atoms with van der Waals surface area (Å²) in [6, 6.07) is 5.99. The Labute approximate surface area is 128 Å². The largest absolute Gasteiger partial charge is 0.494 e. The Kier molecular flexibility index (Phi) is 6.49. The summed E-state index contributed by atoms with van der Waals surface area (Å²) < 4.78 is 5.63. The highest BCUT2D eigenvalue weighted by Gasteiger charge is 2.15. The van der Waals surface area contributed by atoms with Crippen LogP contribution in [0.15, 0.2) is 18.2 Å². The molecule has 1 aliphatic heterocycles. The van der Waals surface area contributed by atoms with E-state index in [1.54, 1.807) is 0 Å². The summed E-state index contributed by atoms with van der Waals surface area (Å²) in [6.07, 6.45) is 1.41. The molecule has 4 nitrogen and oxygen atoms in total. The number of aryl methyl sites for hydroxylation is 1. The van der Waals surface area contributed by atoms with E-state index in [2.05, 4.69) is 17.1 Å². The zero-order chi connectivity index (χ0) is 15.1. The number of aliphatic hydroxyl groups is 1. The van der Waals surface area contributed by atoms with Crippen LogP contribution < -0.4 is 10.1 Å². The Bertz CT molecular complexity index is 431. The van der Waals surface area contributed by atoms with Gasteiger partial charge in [-0.3, -0.25) is 0 Å². The lowest BCUT2D eigenvalue weighted by Gasteiger charge is -2.28. The molecule has 21 heavy (non-hydrogen) atoms. The molecule has 4 heteroatoms. The van der Waals surface area contributed by atoms with Gasteiger partial charge in [-0.2, -0.15) is 0 Å². The first kappa shape index (κ1) is 16.3. The maximum Gasteiger partial charge on any atom is 0.119 e. The van der Waals surface area contributed by atoms with Gasteiger partial charge in [-0.15, -0.1) is 0 Å². The summed E-state index contributed by atoms with van der Waals surface area (Å²) in [5, 5.41) is 13.8. The first-order valence-electron chi connectivity index (χ1n) is 8.05. The van der Waals surface area contributed by atoms with E-state index in [0.717, 1.165) is 69.0 Å². The zero-order valence-electron chi connectivity index (χ0n) is 13.3. The lowest BCUT2D eigenvalue weighted by molar-refractivity contribution is 0.136. The number of piperazine rings is 1. The maximum absolute atomic E-state index is 10.4. The fraction of sp³-hybridized carbons (Fsp3) is 0.647. The van der Waals surface area contributed by atoms with E-state index in [9.17, 15) is 5.11 Å². The fourth-order valence-corrected chi connectivity index (χ4v) is 2.73. The van der Waals surface area contributed by atoms with E-state index in [-0.39, 0.29) is 6.10 Å². The van der Waals surface area contributed by atoms with Gasteiger partial charge in [0.25, 0.3) is 0 Å². The highest BCUT2D eigenvalue weighted by Crippen LogP contribution is 2.25. The first-order valence-corrected chi connectivity index (χ1v) is 8.05. The molecule has 0 aliphatic carbocycles. The van der Waals surface area contributed by atoms with Crippen LogP contribution in [-0.2, 0) is 0 Å². The normalized spacial score (nSPS) is 17.7. The van der Waals surface area contributed by atoms with Crippen LogP contribution in [-0.4, -0.2) is 49.3 Å². The topological polar surface area (TPSA) is 44.7 Å². The molecule has 1 fully saturated rings. The van der Waals surface area contributed by atoms with E-state index < -0.39 is 0 Å². The minimum Gasteiger partial charge on any atom is -0.494 e. The molecule has 0 bridgehead atoms. The van der Waals surface area contributed by atoms with Crippen LogP contribution in [0.4, 0.5) is 0 Å². The first-order chi connectivity index (χ1) is 10.2. The van der Waals surface area contributed by atoms with Crippen molar-refractivity contribution in [1.29, 1.82) is 0 Å². The second kappa shape index (κ2) is 8.37. The van der Waals surface area contributed by atoms with Crippen LogP contribution >= 0.6 is 0 Å². The van der Waals surface area contributed by atoms with Crippen LogP contribution in [0.1, 0.15) is 37.0 Å². The Morgan fingerprint density at radius 2 is 2.10 bits per heavy atom. The number of nitrogens with one attached hydrogen (secondary N) is 1. The molecule has 1 atom stereocenters. The van der Waals surface area contributed by atoms with Crippen molar-refractivity contribution < 1.29 is 9.84 Å². The number of aliphatic hydroxyl groups excluding tert-OH is 1. The van der Waals surface area contributed by atoms with Crippen LogP contribution in [0.3, 0.4) is 0 Å². The van der Waals surface area contributed by atoms with E-state index >= 15 is 0 Å². The third-order valence-electron chi connectivity index (χ3n) is 4.00. The van der Waals surface area contributed by atoms with Gasteiger partial charge in [0.05, 0.1) is 12.7 Å². The van der Waals surface area contributed by atoms with Crippen LogP contribution in [0.2, 0.25) is 0 Å². The number of rotatable bonds is 7. The Morgan fingerprint density at radius 1 is 1.33 bits per heavy atom. The molecular formula is C17H28N2O2. The van der Waals surface area contributed by atoms with Gasteiger partial charge < -0.3 is 20.1 Å². The lowest BCUT2D eigenvalue weighted by Crippen LogP contribution is -2.44. The number of nitrogens with zero attached hydrogens (tertiary/aromatic N) is 1. The molecule has 0 saturated carbocycles. The van der Waals surface area contributed by atoms with Crippen molar-refractivity contribution in [3.8, 4) is 5.75 Å². The molecule has 0 radical (unpaired) electrons. The van der Waals surface area contributed by atoms with Gasteiger partial charge in [-0.25, -0.2) is 0 Å². The molecule has 118 valence electrons. The monoisotopic (exact) mass is 292 g/mol. The van der Waals surface area contributed by atoms with Gasteiger partial charge >= 0.3 is 0 Å². The summed E-state index contributed by atoms with van der Waals surface area (Å²) >= 11 is 0. The van der Waals surface area contributed by atoms with E-state index in [0.29, 0.717) is 0 Å². The number of ether oxygens (including phenoxy) is 1. The number of hydrogen-bond acceptors (Lipinski definition) is 4. The van der Waals surface area contributed by atoms with Gasteiger partial charge in [0.15, 0.2) is 0 Å². The predicted octanol–water partition coefficient (Wildman–Crippen LogP) is 2.11. The minimum absolute atomic E-state index is 0.389. The van der Waals surface area contributed by atoms with Crippen LogP contribution in [0.5, 0.6) is 5.75 Å². The van der Waals surface area contributed by atoms with Gasteiger partial charge in [0, 0.05) is 32.7 Å². The summed E-state index contributed by atoms with van der Waals surface area (Å²) in [7, 11) is 0. The van der Waals surface area contributed by atoms with Crippen molar-refractivity contribution in [2.75, 3.05) is 39.3 Å². The van der Waals surface area contributed by atoms with Gasteiger partial charge in [-0.05, 0) is 43.0 Å². The van der Waals surface area contributed by atoms with Crippen LogP contribution in [0, 0.1) is 6.92 Å². The Hall–Kier alpha value is -1.10. The van der Waals surface area contributed by atoms with Crippen molar-refractivity contribution >= 4 is 0 Å². The molecule has 1 aliphatic rings. The molecule has 1 aromatic carbocycles. The average molecular weight is 292 g/mol. The molecule has 2 N–H and O–H groups in total. The fourth-order valence-electron chi connectivity index (χ4n) is 2.73. The van der Waals surface area contributed by atoms with E-state index in [1.807, 2.05) is 25.1 Å². The Morgan fingerprint density at radius 3 is 2.76 bits per heavy atom. The number of benzene rings is 1. The van der Waals surface area contributed by atoms with Crippen molar-refractivity contribution in [3.05, 3.63) is 29.3 Å². The Balaban J connectivity index is 1.87. The highest BCUT2D eigenvalue weighted by molar-refractivity contribution is 5.36. The van der Waals surface area contributed by atoms with Gasteiger partial charge in [0.1, 0.15) is 5.75 Å². The standard InChI is InChI=1S/C17H28N2O2/c1-3-12-21-15-4-5-16(14(2)13-15)17(20)6-9-19-10-7-18-8-11-19/h4-5,13,17-18,20H,3,6-12H2,1-2H3. The number of hydrogen-bond donors (Lipinski definition) is 2. The smallest absolute Gasteiger partial charge is 0.119 e. The SMILES string of the molecule is CCCOc1ccc(C(O)CCN2CCNCC2)c(C)c1. The van der Waals surface area contributed by atoms with E-state index in [1.165, 1.54) is 0 Å². The molecule has 1 heterocycles. The van der Waals surface area contributed by atoms with E-state index in [4.69, 9.17) is 4.74 Å². The second-order valence-corrected chi connectivity index (χ2v) is 5.76. The van der Waals surface area contributed by atoms with Crippen molar-refractivity contribution in [2.45, 2.75) is 32.8 Å². The molecular weight excluding hydrogens is 264 g/mol. The summed E-state index contributed by atoms with van der Waals surface area (Å²) in [5.74, 6) is 0.896. The molecule has 1 unspecified atom stereocenters. The molecule has 1 saturated heterocycles. The second-order valence-electron chi connectivity index (χ2n) is 5.76. The van der Waals surface area contributed by atoms with Crippen molar-refractivity contribution in [2.24, 2.45) is 0 Å². The molecule has 2 rings (SSSR count). The molecule has 0 aromatic heterocycles. The minimum atomic E-state index is -0.389. The average Bonchev–Trinajstić information content (AvgIpc) is 2.51.